The van der Waals surface area contributed by atoms with E-state index < -0.39 is 0 Å². The molecule has 0 radical (unpaired) electrons. The van der Waals surface area contributed by atoms with Gasteiger partial charge in [-0.3, -0.25) is 9.67 Å². The van der Waals surface area contributed by atoms with Crippen LogP contribution in [0.15, 0.2) is 48.9 Å². The topological polar surface area (TPSA) is 84.8 Å². The van der Waals surface area contributed by atoms with E-state index in [4.69, 9.17) is 21.3 Å². The molecule has 1 fully saturated rings. The number of rotatable bonds is 5. The van der Waals surface area contributed by atoms with Gasteiger partial charge in [0.25, 0.3) is 0 Å². The summed E-state index contributed by atoms with van der Waals surface area (Å²) in [7, 11) is 0. The first-order valence-corrected chi connectivity index (χ1v) is 12.7. The molecule has 1 aliphatic heterocycles. The van der Waals surface area contributed by atoms with Crippen LogP contribution in [0.1, 0.15) is 38.6 Å². The van der Waals surface area contributed by atoms with E-state index in [9.17, 15) is 0 Å². The first-order valence-electron chi connectivity index (χ1n) is 12.3. The summed E-state index contributed by atoms with van der Waals surface area (Å²) >= 11 is 6.77. The number of ether oxygens (including phenoxy) is 1. The lowest BCUT2D eigenvalue weighted by Crippen LogP contribution is -2.39. The fourth-order valence-corrected chi connectivity index (χ4v) is 5.13. The van der Waals surface area contributed by atoms with E-state index in [0.717, 1.165) is 54.0 Å². The molecule has 8 nitrogen and oxygen atoms in total. The number of piperidine rings is 1. The summed E-state index contributed by atoms with van der Waals surface area (Å²) in [5.74, 6) is 2.05. The standard InChI is InChI=1S/C27H28ClN7O/c1-16(2)34-10-8-19(9-11-34)35-15-18(13-30-35)24-14-29-22-6-7-25(26(28)27(22)33-24)36-20-4-5-21-23(12-20)32-17(3)31-21/h4-7,12-16,19H,8-11H2,1-3H3,(H,31,32). The number of aromatic amines is 1. The molecular weight excluding hydrogens is 474 g/mol. The van der Waals surface area contributed by atoms with Gasteiger partial charge in [0.05, 0.1) is 40.7 Å². The summed E-state index contributed by atoms with van der Waals surface area (Å²) in [6.07, 6.45) is 7.90. The van der Waals surface area contributed by atoms with Gasteiger partial charge in [0.15, 0.2) is 0 Å². The minimum atomic E-state index is 0.404. The van der Waals surface area contributed by atoms with Gasteiger partial charge in [0.2, 0.25) is 0 Å². The predicted molar refractivity (Wildman–Crippen MR) is 142 cm³/mol. The quantitative estimate of drug-likeness (QED) is 0.310. The Morgan fingerprint density at radius 2 is 1.86 bits per heavy atom. The monoisotopic (exact) mass is 501 g/mol. The number of halogens is 1. The van der Waals surface area contributed by atoms with E-state index in [1.165, 1.54) is 0 Å². The molecule has 9 heteroatoms. The second-order valence-electron chi connectivity index (χ2n) is 9.67. The van der Waals surface area contributed by atoms with Gasteiger partial charge in [-0.05, 0) is 57.9 Å². The highest BCUT2D eigenvalue weighted by Gasteiger charge is 2.23. The minimum absolute atomic E-state index is 0.404. The number of aryl methyl sites for hydroxylation is 1. The maximum atomic E-state index is 6.77. The normalized spacial score (nSPS) is 15.4. The van der Waals surface area contributed by atoms with Gasteiger partial charge in [-0.25, -0.2) is 9.97 Å². The van der Waals surface area contributed by atoms with Gasteiger partial charge in [-0.15, -0.1) is 0 Å². The highest BCUT2D eigenvalue weighted by atomic mass is 35.5. The fraction of sp³-hybridized carbons (Fsp3) is 0.333. The molecule has 1 aliphatic rings. The van der Waals surface area contributed by atoms with Crippen LogP contribution < -0.4 is 4.74 Å². The van der Waals surface area contributed by atoms with Crippen LogP contribution in [0.5, 0.6) is 11.5 Å². The van der Waals surface area contributed by atoms with Crippen molar-refractivity contribution >= 4 is 33.7 Å². The third-order valence-electron chi connectivity index (χ3n) is 6.92. The molecule has 4 heterocycles. The lowest BCUT2D eigenvalue weighted by atomic mass is 10.0. The average molecular weight is 502 g/mol. The number of hydrogen-bond acceptors (Lipinski definition) is 6. The molecule has 0 aliphatic carbocycles. The predicted octanol–water partition coefficient (Wildman–Crippen LogP) is 6.17. The zero-order valence-electron chi connectivity index (χ0n) is 20.6. The molecule has 6 rings (SSSR count). The van der Waals surface area contributed by atoms with Crippen molar-refractivity contribution in [1.82, 2.24) is 34.6 Å². The molecule has 5 aromatic rings. The van der Waals surface area contributed by atoms with Crippen molar-refractivity contribution in [2.75, 3.05) is 13.1 Å². The number of H-pyrrole nitrogens is 1. The molecule has 3 aromatic heterocycles. The largest absolute Gasteiger partial charge is 0.456 e. The lowest BCUT2D eigenvalue weighted by molar-refractivity contribution is 0.147. The number of aromatic nitrogens is 6. The molecule has 2 aromatic carbocycles. The van der Waals surface area contributed by atoms with Crippen molar-refractivity contribution in [1.29, 1.82) is 0 Å². The molecule has 184 valence electrons. The van der Waals surface area contributed by atoms with Crippen LogP contribution in [0.2, 0.25) is 5.02 Å². The van der Waals surface area contributed by atoms with Crippen molar-refractivity contribution in [3.05, 3.63) is 59.8 Å². The summed E-state index contributed by atoms with van der Waals surface area (Å²) in [6, 6.07) is 10.4. The number of fused-ring (bicyclic) bond motifs is 2. The summed E-state index contributed by atoms with van der Waals surface area (Å²) < 4.78 is 8.20. The number of hydrogen-bond donors (Lipinski definition) is 1. The number of benzene rings is 2. The van der Waals surface area contributed by atoms with Crippen molar-refractivity contribution in [3.8, 4) is 22.8 Å². The van der Waals surface area contributed by atoms with Crippen LogP contribution in [0, 0.1) is 6.92 Å². The maximum Gasteiger partial charge on any atom is 0.148 e. The summed E-state index contributed by atoms with van der Waals surface area (Å²) in [4.78, 5) is 19.6. The Labute approximate surface area is 214 Å². The van der Waals surface area contributed by atoms with Crippen molar-refractivity contribution in [2.45, 2.75) is 45.7 Å². The highest BCUT2D eigenvalue weighted by Crippen LogP contribution is 2.36. The van der Waals surface area contributed by atoms with E-state index >= 15 is 0 Å². The van der Waals surface area contributed by atoms with Crippen molar-refractivity contribution < 1.29 is 4.74 Å². The number of likely N-dealkylation sites (tertiary alicyclic amines) is 1. The van der Waals surface area contributed by atoms with Crippen LogP contribution in [-0.4, -0.2) is 53.7 Å². The molecule has 0 atom stereocenters. The van der Waals surface area contributed by atoms with Crippen LogP contribution in [0.3, 0.4) is 0 Å². The molecule has 0 unspecified atom stereocenters. The lowest BCUT2D eigenvalue weighted by Gasteiger charge is -2.34. The Balaban J connectivity index is 1.26. The third kappa shape index (κ3) is 4.31. The van der Waals surface area contributed by atoms with Gasteiger partial charge in [-0.2, -0.15) is 5.10 Å². The van der Waals surface area contributed by atoms with E-state index in [1.54, 1.807) is 6.20 Å². The number of nitrogens with one attached hydrogen (secondary N) is 1. The Morgan fingerprint density at radius 3 is 2.67 bits per heavy atom. The molecule has 36 heavy (non-hydrogen) atoms. The second kappa shape index (κ2) is 9.19. The van der Waals surface area contributed by atoms with E-state index in [2.05, 4.69) is 49.7 Å². The minimum Gasteiger partial charge on any atom is -0.456 e. The van der Waals surface area contributed by atoms with Crippen LogP contribution in [0.4, 0.5) is 0 Å². The van der Waals surface area contributed by atoms with E-state index in [0.29, 0.717) is 39.6 Å². The van der Waals surface area contributed by atoms with E-state index in [1.807, 2.05) is 43.5 Å². The smallest absolute Gasteiger partial charge is 0.148 e. The zero-order chi connectivity index (χ0) is 24.8. The Bertz CT molecular complexity index is 1550. The SMILES string of the molecule is Cc1nc2ccc(Oc3ccc4ncc(-c5cnn(C6CCN(C(C)C)CC6)c5)nc4c3Cl)cc2[nH]1. The zero-order valence-corrected chi connectivity index (χ0v) is 21.3. The Morgan fingerprint density at radius 1 is 1.06 bits per heavy atom. The first-order chi connectivity index (χ1) is 17.4. The summed E-state index contributed by atoms with van der Waals surface area (Å²) in [5.41, 5.74) is 4.79. The molecule has 0 spiro atoms. The van der Waals surface area contributed by atoms with Crippen LogP contribution in [-0.2, 0) is 0 Å². The third-order valence-corrected chi connectivity index (χ3v) is 7.28. The molecular formula is C27H28ClN7O. The second-order valence-corrected chi connectivity index (χ2v) is 10.1. The van der Waals surface area contributed by atoms with Crippen molar-refractivity contribution in [2.24, 2.45) is 0 Å². The molecule has 0 bridgehead atoms. The first kappa shape index (κ1) is 22.9. The molecule has 0 saturated carbocycles. The highest BCUT2D eigenvalue weighted by molar-refractivity contribution is 6.36. The van der Waals surface area contributed by atoms with Crippen LogP contribution in [0.25, 0.3) is 33.3 Å². The molecule has 1 saturated heterocycles. The molecule has 1 N–H and O–H groups in total. The fourth-order valence-electron chi connectivity index (χ4n) is 4.89. The summed E-state index contributed by atoms with van der Waals surface area (Å²) in [6.45, 7) is 8.63. The van der Waals surface area contributed by atoms with Gasteiger partial charge < -0.3 is 14.6 Å². The van der Waals surface area contributed by atoms with Gasteiger partial charge >= 0.3 is 0 Å². The molecule has 0 amide bonds. The van der Waals surface area contributed by atoms with E-state index in [-0.39, 0.29) is 0 Å². The number of imidazole rings is 1. The van der Waals surface area contributed by atoms with Crippen LogP contribution >= 0.6 is 11.6 Å². The maximum absolute atomic E-state index is 6.77. The summed E-state index contributed by atoms with van der Waals surface area (Å²) in [5, 5.41) is 5.08. The Hall–Kier alpha value is -3.49. The van der Waals surface area contributed by atoms with Crippen molar-refractivity contribution in [3.63, 3.8) is 0 Å². The van der Waals surface area contributed by atoms with Gasteiger partial charge in [-0.1, -0.05) is 11.6 Å². The Kier molecular flexibility index (Phi) is 5.85. The number of nitrogens with zero attached hydrogens (tertiary/aromatic N) is 6. The van der Waals surface area contributed by atoms with Gasteiger partial charge in [0, 0.05) is 37.0 Å². The average Bonchev–Trinajstić information content (AvgIpc) is 3.52. The van der Waals surface area contributed by atoms with Gasteiger partial charge in [0.1, 0.15) is 27.9 Å².